The largest absolute Gasteiger partial charge is 0.206 e. The van der Waals surface area contributed by atoms with E-state index in [-0.39, 0.29) is 5.82 Å². The molecule has 0 saturated heterocycles. The van der Waals surface area contributed by atoms with Crippen LogP contribution in [0.25, 0.3) is 0 Å². The Hall–Kier alpha value is -0.0700. The Bertz CT molecular complexity index is 499. The van der Waals surface area contributed by atoms with Gasteiger partial charge >= 0.3 is 0 Å². The molecule has 82 valence electrons. The third-order valence-electron chi connectivity index (χ3n) is 1.94. The van der Waals surface area contributed by atoms with Crippen LogP contribution < -0.4 is 0 Å². The maximum atomic E-state index is 13.6. The molecule has 0 saturated carbocycles. The second kappa shape index (κ2) is 5.51. The standard InChI is InChI=1S/C12H7BrFIS/c13-8-1-4-10(5-2-8)16-12-6-3-9(15)7-11(12)14/h1-7H. The highest BCUT2D eigenvalue weighted by Crippen LogP contribution is 2.31. The van der Waals surface area contributed by atoms with Crippen LogP contribution in [0.1, 0.15) is 0 Å². The van der Waals surface area contributed by atoms with Crippen molar-refractivity contribution >= 4 is 50.3 Å². The van der Waals surface area contributed by atoms with Gasteiger partial charge in [0.2, 0.25) is 0 Å². The first-order valence-electron chi connectivity index (χ1n) is 4.53. The Morgan fingerprint density at radius 1 is 1.06 bits per heavy atom. The maximum Gasteiger partial charge on any atom is 0.138 e. The summed E-state index contributed by atoms with van der Waals surface area (Å²) in [5.74, 6) is -0.167. The summed E-state index contributed by atoms with van der Waals surface area (Å²) in [7, 11) is 0. The molecule has 0 unspecified atom stereocenters. The van der Waals surface area contributed by atoms with Crippen LogP contribution in [0.15, 0.2) is 56.7 Å². The molecular weight excluding hydrogens is 402 g/mol. The second-order valence-electron chi connectivity index (χ2n) is 3.13. The van der Waals surface area contributed by atoms with E-state index >= 15 is 0 Å². The van der Waals surface area contributed by atoms with Crippen LogP contribution in [0.5, 0.6) is 0 Å². The first-order chi connectivity index (χ1) is 7.65. The van der Waals surface area contributed by atoms with E-state index in [1.165, 1.54) is 11.8 Å². The van der Waals surface area contributed by atoms with E-state index in [2.05, 4.69) is 38.5 Å². The summed E-state index contributed by atoms with van der Waals surface area (Å²) < 4.78 is 15.5. The predicted octanol–water partition coefficient (Wildman–Crippen LogP) is 5.34. The zero-order chi connectivity index (χ0) is 11.5. The van der Waals surface area contributed by atoms with Crippen molar-refractivity contribution in [3.63, 3.8) is 0 Å². The predicted molar refractivity (Wildman–Crippen MR) is 77.4 cm³/mol. The van der Waals surface area contributed by atoms with E-state index in [9.17, 15) is 4.39 Å². The van der Waals surface area contributed by atoms with Crippen LogP contribution in [-0.4, -0.2) is 0 Å². The average molecular weight is 409 g/mol. The molecule has 0 radical (unpaired) electrons. The molecule has 0 bridgehead atoms. The monoisotopic (exact) mass is 408 g/mol. The molecule has 0 aliphatic carbocycles. The first-order valence-corrected chi connectivity index (χ1v) is 7.22. The van der Waals surface area contributed by atoms with E-state index in [1.807, 2.05) is 36.4 Å². The average Bonchev–Trinajstić information content (AvgIpc) is 2.25. The highest BCUT2D eigenvalue weighted by molar-refractivity contribution is 14.1. The molecule has 0 aliphatic rings. The summed E-state index contributed by atoms with van der Waals surface area (Å²) in [6.45, 7) is 0. The van der Waals surface area contributed by atoms with Crippen LogP contribution in [0.4, 0.5) is 4.39 Å². The number of halogens is 3. The van der Waals surface area contributed by atoms with E-state index in [1.54, 1.807) is 6.07 Å². The van der Waals surface area contributed by atoms with Gasteiger partial charge in [0.25, 0.3) is 0 Å². The van der Waals surface area contributed by atoms with Crippen molar-refractivity contribution in [1.29, 1.82) is 0 Å². The molecule has 0 heterocycles. The van der Waals surface area contributed by atoms with Crippen LogP contribution in [0.3, 0.4) is 0 Å². The van der Waals surface area contributed by atoms with Gasteiger partial charge < -0.3 is 0 Å². The SMILES string of the molecule is Fc1cc(I)ccc1Sc1ccc(Br)cc1. The van der Waals surface area contributed by atoms with Crippen LogP contribution >= 0.6 is 50.3 Å². The fourth-order valence-electron chi connectivity index (χ4n) is 1.19. The molecule has 2 aromatic carbocycles. The fraction of sp³-hybridized carbons (Fsp3) is 0. The molecule has 4 heteroatoms. The molecular formula is C12H7BrFIS. The minimum absolute atomic E-state index is 0.167. The van der Waals surface area contributed by atoms with Crippen LogP contribution in [-0.2, 0) is 0 Å². The summed E-state index contributed by atoms with van der Waals surface area (Å²) in [5.41, 5.74) is 0. The zero-order valence-electron chi connectivity index (χ0n) is 8.08. The van der Waals surface area contributed by atoms with Gasteiger partial charge in [-0.25, -0.2) is 4.39 Å². The molecule has 0 aromatic heterocycles. The Balaban J connectivity index is 2.23. The van der Waals surface area contributed by atoms with Crippen molar-refractivity contribution in [3.05, 3.63) is 56.3 Å². The van der Waals surface area contributed by atoms with Gasteiger partial charge in [-0.3, -0.25) is 0 Å². The molecule has 2 aromatic rings. The van der Waals surface area contributed by atoms with Gasteiger partial charge in [-0.2, -0.15) is 0 Å². The lowest BCUT2D eigenvalue weighted by molar-refractivity contribution is 0.601. The normalized spacial score (nSPS) is 10.4. The summed E-state index contributed by atoms with van der Waals surface area (Å²) >= 11 is 6.91. The Labute approximate surface area is 120 Å². The first kappa shape index (κ1) is 12.4. The molecule has 0 spiro atoms. The zero-order valence-corrected chi connectivity index (χ0v) is 12.6. The minimum Gasteiger partial charge on any atom is -0.206 e. The van der Waals surface area contributed by atoms with Gasteiger partial charge in [-0.1, -0.05) is 27.7 Å². The lowest BCUT2D eigenvalue weighted by atomic mass is 10.3. The van der Waals surface area contributed by atoms with Gasteiger partial charge in [0, 0.05) is 17.8 Å². The lowest BCUT2D eigenvalue weighted by Crippen LogP contribution is -1.82. The Morgan fingerprint density at radius 2 is 1.75 bits per heavy atom. The molecule has 0 amide bonds. The molecule has 0 aliphatic heterocycles. The van der Waals surface area contributed by atoms with E-state index in [0.29, 0.717) is 4.90 Å². The van der Waals surface area contributed by atoms with E-state index in [4.69, 9.17) is 0 Å². The van der Waals surface area contributed by atoms with Crippen LogP contribution in [0.2, 0.25) is 0 Å². The Morgan fingerprint density at radius 3 is 2.38 bits per heavy atom. The Kier molecular flexibility index (Phi) is 4.27. The lowest BCUT2D eigenvalue weighted by Gasteiger charge is -2.03. The van der Waals surface area contributed by atoms with Crippen molar-refractivity contribution in [2.75, 3.05) is 0 Å². The number of benzene rings is 2. The summed E-state index contributed by atoms with van der Waals surface area (Å²) in [6, 6.07) is 13.1. The molecule has 2 rings (SSSR count). The van der Waals surface area contributed by atoms with Gasteiger partial charge in [0.1, 0.15) is 5.82 Å². The topological polar surface area (TPSA) is 0 Å². The quantitative estimate of drug-likeness (QED) is 0.604. The fourth-order valence-corrected chi connectivity index (χ4v) is 2.72. The van der Waals surface area contributed by atoms with Crippen molar-refractivity contribution in [2.24, 2.45) is 0 Å². The summed E-state index contributed by atoms with van der Waals surface area (Å²) in [5, 5.41) is 0. The molecule has 16 heavy (non-hydrogen) atoms. The van der Waals surface area contributed by atoms with Crippen LogP contribution in [0, 0.1) is 9.39 Å². The van der Waals surface area contributed by atoms with E-state index < -0.39 is 0 Å². The molecule has 0 N–H and O–H groups in total. The highest BCUT2D eigenvalue weighted by atomic mass is 127. The van der Waals surface area contributed by atoms with E-state index in [0.717, 1.165) is 12.9 Å². The van der Waals surface area contributed by atoms with Crippen molar-refractivity contribution in [2.45, 2.75) is 9.79 Å². The number of hydrogen-bond donors (Lipinski definition) is 0. The third kappa shape index (κ3) is 3.21. The molecule has 0 fully saturated rings. The van der Waals surface area contributed by atoms with Gasteiger partial charge in [0.05, 0.1) is 0 Å². The molecule has 0 nitrogen and oxygen atoms in total. The minimum atomic E-state index is -0.167. The van der Waals surface area contributed by atoms with Gasteiger partial charge in [-0.15, -0.1) is 0 Å². The smallest absolute Gasteiger partial charge is 0.138 e. The number of rotatable bonds is 2. The summed E-state index contributed by atoms with van der Waals surface area (Å²) in [6.07, 6.45) is 0. The van der Waals surface area contributed by atoms with Crippen molar-refractivity contribution in [1.82, 2.24) is 0 Å². The van der Waals surface area contributed by atoms with Gasteiger partial charge in [0.15, 0.2) is 0 Å². The number of hydrogen-bond acceptors (Lipinski definition) is 1. The van der Waals surface area contributed by atoms with Gasteiger partial charge in [-0.05, 0) is 65.1 Å². The summed E-state index contributed by atoms with van der Waals surface area (Å²) in [4.78, 5) is 1.69. The van der Waals surface area contributed by atoms with Crippen molar-refractivity contribution in [3.8, 4) is 0 Å². The molecule has 0 atom stereocenters. The maximum absolute atomic E-state index is 13.6. The second-order valence-corrected chi connectivity index (χ2v) is 6.41. The highest BCUT2D eigenvalue weighted by Gasteiger charge is 2.04. The third-order valence-corrected chi connectivity index (χ3v) is 4.19. The van der Waals surface area contributed by atoms with Crippen molar-refractivity contribution < 1.29 is 4.39 Å².